The van der Waals surface area contributed by atoms with Crippen LogP contribution in [0.4, 0.5) is 5.69 Å². The Balaban J connectivity index is 2.07. The molecule has 2 aromatic rings. The number of hydrogen-bond donors (Lipinski definition) is 2. The average Bonchev–Trinajstić information content (AvgIpc) is 2.83. The molecule has 35 heavy (non-hydrogen) atoms. The van der Waals surface area contributed by atoms with E-state index in [1.54, 1.807) is 43.5 Å². The topological polar surface area (TPSA) is 113 Å². The Hall–Kier alpha value is -2.59. The van der Waals surface area contributed by atoms with Crippen molar-refractivity contribution in [3.8, 4) is 0 Å². The zero-order valence-electron chi connectivity index (χ0n) is 19.3. The first-order valence-electron chi connectivity index (χ1n) is 11.1. The second-order valence-electron chi connectivity index (χ2n) is 8.16. The molecule has 3 N–H and O–H groups in total. The van der Waals surface area contributed by atoms with Crippen molar-refractivity contribution in [2.24, 2.45) is 5.73 Å². The predicted octanol–water partition coefficient (Wildman–Crippen LogP) is 3.44. The molecule has 8 nitrogen and oxygen atoms in total. The quantitative estimate of drug-likeness (QED) is 0.540. The highest BCUT2D eigenvalue weighted by atomic mass is 35.5. The summed E-state index contributed by atoms with van der Waals surface area (Å²) >= 11 is 12.7. The third-order valence-corrected chi connectivity index (χ3v) is 8.18. The van der Waals surface area contributed by atoms with Crippen molar-refractivity contribution in [1.29, 1.82) is 0 Å². The highest BCUT2D eigenvalue weighted by molar-refractivity contribution is 7.93. The first-order chi connectivity index (χ1) is 16.6. The van der Waals surface area contributed by atoms with Gasteiger partial charge in [-0.2, -0.15) is 0 Å². The summed E-state index contributed by atoms with van der Waals surface area (Å²) in [5, 5.41) is 3.02. The number of allylic oxidation sites excluding steroid dienone is 1. The molecule has 2 amide bonds. The molecule has 2 bridgehead atoms. The number of carbonyl (C=O) groups is 2. The molecule has 1 unspecified atom stereocenters. The number of nitrogens with two attached hydrogens (primary N) is 1. The molecule has 0 spiro atoms. The Kier molecular flexibility index (Phi) is 9.18. The molecule has 3 rings (SSSR count). The molecule has 1 heterocycles. The van der Waals surface area contributed by atoms with Gasteiger partial charge in [-0.05, 0) is 49.6 Å². The molecule has 0 saturated carbocycles. The average molecular weight is 539 g/mol. The predicted molar refractivity (Wildman–Crippen MR) is 138 cm³/mol. The Bertz CT molecular complexity index is 1220. The number of rotatable bonds is 1. The van der Waals surface area contributed by atoms with Gasteiger partial charge in [0.1, 0.15) is 4.90 Å². The normalized spacial score (nSPS) is 21.1. The molecule has 1 aliphatic rings. The summed E-state index contributed by atoms with van der Waals surface area (Å²) in [6, 6.07) is 10.0. The van der Waals surface area contributed by atoms with E-state index in [9.17, 15) is 18.0 Å². The van der Waals surface area contributed by atoms with Crippen molar-refractivity contribution in [3.05, 3.63) is 70.2 Å². The van der Waals surface area contributed by atoms with Crippen LogP contribution in [0.5, 0.6) is 0 Å². The van der Waals surface area contributed by atoms with E-state index in [1.807, 2.05) is 0 Å². The third kappa shape index (κ3) is 6.55. The maximum Gasteiger partial charge on any atom is 0.266 e. The minimum Gasteiger partial charge on any atom is -0.355 e. The highest BCUT2D eigenvalue weighted by Gasteiger charge is 2.29. The lowest BCUT2D eigenvalue weighted by Crippen LogP contribution is -2.41. The van der Waals surface area contributed by atoms with E-state index in [1.165, 1.54) is 23.1 Å². The molecule has 11 heteroatoms. The second kappa shape index (κ2) is 11.9. The first-order valence-corrected chi connectivity index (χ1v) is 13.3. The van der Waals surface area contributed by atoms with Gasteiger partial charge in [-0.15, -0.1) is 0 Å². The summed E-state index contributed by atoms with van der Waals surface area (Å²) < 4.78 is 28.7. The van der Waals surface area contributed by atoms with Crippen molar-refractivity contribution in [3.63, 3.8) is 0 Å². The van der Waals surface area contributed by atoms with Crippen LogP contribution in [0, 0.1) is 0 Å². The fraction of sp³-hybridized carbons (Fsp3) is 0.333. The number of nitrogens with zero attached hydrogens (tertiary/aromatic N) is 2. The van der Waals surface area contributed by atoms with Crippen LogP contribution >= 0.6 is 23.2 Å². The van der Waals surface area contributed by atoms with Crippen LogP contribution in [0.1, 0.15) is 29.6 Å². The number of hydrogen-bond acceptors (Lipinski definition) is 5. The number of benzene rings is 2. The fourth-order valence-corrected chi connectivity index (χ4v) is 5.83. The lowest BCUT2D eigenvalue weighted by molar-refractivity contribution is -0.122. The number of nitrogens with one attached hydrogen (secondary N) is 1. The largest absolute Gasteiger partial charge is 0.355 e. The fourth-order valence-electron chi connectivity index (χ4n) is 3.61. The van der Waals surface area contributed by atoms with Crippen LogP contribution in [0.25, 0.3) is 0 Å². The lowest BCUT2D eigenvalue weighted by atomic mass is 10.1. The minimum atomic E-state index is -4.20. The highest BCUT2D eigenvalue weighted by Crippen LogP contribution is 2.33. The summed E-state index contributed by atoms with van der Waals surface area (Å²) in [4.78, 5) is 26.5. The molecule has 0 aromatic heterocycles. The summed E-state index contributed by atoms with van der Waals surface area (Å²) in [5.74, 6) is -0.637. The molecular weight excluding hydrogens is 511 g/mol. The van der Waals surface area contributed by atoms with Gasteiger partial charge < -0.3 is 16.0 Å². The number of halogens is 2. The number of sulfonamides is 1. The van der Waals surface area contributed by atoms with Gasteiger partial charge >= 0.3 is 0 Å². The van der Waals surface area contributed by atoms with Crippen LogP contribution in [-0.4, -0.2) is 57.9 Å². The van der Waals surface area contributed by atoms with Crippen LogP contribution in [0.2, 0.25) is 10.0 Å². The number of para-hydroxylation sites is 1. The third-order valence-electron chi connectivity index (χ3n) is 5.60. The van der Waals surface area contributed by atoms with E-state index in [-0.39, 0.29) is 44.6 Å². The SMILES string of the molecule is CN1CCCNC(=O)C(N)CC/C=C/CN(c2ccccc2Cl)S(=O)(=O)c2cc(ccc2Cl)C1=O. The van der Waals surface area contributed by atoms with Gasteiger partial charge in [0.25, 0.3) is 15.9 Å². The molecule has 1 aliphatic heterocycles. The smallest absolute Gasteiger partial charge is 0.266 e. The van der Waals surface area contributed by atoms with Gasteiger partial charge in [0.05, 0.1) is 28.3 Å². The molecule has 0 radical (unpaired) electrons. The van der Waals surface area contributed by atoms with Crippen LogP contribution < -0.4 is 15.4 Å². The van der Waals surface area contributed by atoms with Crippen molar-refractivity contribution in [2.45, 2.75) is 30.2 Å². The Morgan fingerprint density at radius 2 is 1.80 bits per heavy atom. The van der Waals surface area contributed by atoms with E-state index in [0.717, 1.165) is 4.31 Å². The van der Waals surface area contributed by atoms with E-state index >= 15 is 0 Å². The molecule has 2 aromatic carbocycles. The van der Waals surface area contributed by atoms with Gasteiger partial charge in [0, 0.05) is 25.7 Å². The Morgan fingerprint density at radius 1 is 1.06 bits per heavy atom. The van der Waals surface area contributed by atoms with Gasteiger partial charge in [-0.25, -0.2) is 8.42 Å². The van der Waals surface area contributed by atoms with E-state index in [4.69, 9.17) is 28.9 Å². The Labute approximate surface area is 215 Å². The minimum absolute atomic E-state index is 0.00618. The zero-order valence-corrected chi connectivity index (χ0v) is 21.6. The van der Waals surface area contributed by atoms with Gasteiger partial charge in [-0.3, -0.25) is 13.9 Å². The van der Waals surface area contributed by atoms with E-state index in [0.29, 0.717) is 32.4 Å². The summed E-state index contributed by atoms with van der Waals surface area (Å²) in [6.07, 6.45) is 4.84. The van der Waals surface area contributed by atoms with Crippen LogP contribution in [0.15, 0.2) is 59.5 Å². The monoisotopic (exact) mass is 538 g/mol. The van der Waals surface area contributed by atoms with Gasteiger partial charge in [0.15, 0.2) is 0 Å². The molecule has 0 fully saturated rings. The van der Waals surface area contributed by atoms with Crippen molar-refractivity contribution in [2.75, 3.05) is 31.0 Å². The van der Waals surface area contributed by atoms with Crippen molar-refractivity contribution in [1.82, 2.24) is 10.2 Å². The maximum absolute atomic E-state index is 13.8. The number of anilines is 1. The molecule has 0 saturated heterocycles. The number of carbonyl (C=O) groups excluding carboxylic acids is 2. The first kappa shape index (κ1) is 27.0. The maximum atomic E-state index is 13.8. The Morgan fingerprint density at radius 3 is 2.54 bits per heavy atom. The molecule has 0 aliphatic carbocycles. The molecule has 1 atom stereocenters. The summed E-state index contributed by atoms with van der Waals surface area (Å²) in [7, 11) is -2.59. The van der Waals surface area contributed by atoms with Crippen LogP contribution in [-0.2, 0) is 14.8 Å². The van der Waals surface area contributed by atoms with Crippen LogP contribution in [0.3, 0.4) is 0 Å². The second-order valence-corrected chi connectivity index (χ2v) is 10.8. The van der Waals surface area contributed by atoms with E-state index in [2.05, 4.69) is 5.32 Å². The molecular formula is C24H28Cl2N4O4S. The van der Waals surface area contributed by atoms with Gasteiger partial charge in [-0.1, -0.05) is 47.5 Å². The van der Waals surface area contributed by atoms with Crippen molar-refractivity contribution < 1.29 is 18.0 Å². The number of fused-ring (bicyclic) bond motifs is 2. The number of amides is 2. The summed E-state index contributed by atoms with van der Waals surface area (Å²) in [5.41, 5.74) is 6.42. The summed E-state index contributed by atoms with van der Waals surface area (Å²) in [6.45, 7) is 0.683. The lowest BCUT2D eigenvalue weighted by Gasteiger charge is -2.25. The van der Waals surface area contributed by atoms with E-state index < -0.39 is 16.1 Å². The van der Waals surface area contributed by atoms with Gasteiger partial charge in [0.2, 0.25) is 5.91 Å². The zero-order chi connectivity index (χ0) is 25.6. The molecule has 188 valence electrons. The standard InChI is InChI=1S/C24H28Cl2N4O4S/c1-29-14-7-13-28-23(31)20(27)9-3-2-6-15-30(21-10-5-4-8-18(21)25)35(33,34)22-16-17(24(29)32)11-12-19(22)26/h2,4-6,8,10-12,16,20H,3,7,9,13-15,27H2,1H3,(H,28,31)/b6-2+. The van der Waals surface area contributed by atoms with Crippen molar-refractivity contribution >= 4 is 50.7 Å².